The predicted octanol–water partition coefficient (Wildman–Crippen LogP) is 2.67. The molecule has 84 valence electrons. The average molecular weight is 208 g/mol. The summed E-state index contributed by atoms with van der Waals surface area (Å²) in [6.07, 6.45) is 2.66. The Balaban J connectivity index is 2.94. The normalized spacial score (nSPS) is 13.7. The number of nitrogens with two attached hydrogens (primary N) is 1. The van der Waals surface area contributed by atoms with Crippen molar-refractivity contribution in [1.29, 1.82) is 0 Å². The smallest absolute Gasteiger partial charge is 0.218 e. The van der Waals surface area contributed by atoms with Crippen molar-refractivity contribution in [2.45, 2.75) is 45.8 Å². The standard InChI is InChI=1S/C12H20N2O/c1-5-12(3,4)15-11-10(9(2)13)7-6-8-14-11/h6-9H,5,13H2,1-4H3/t9-/m0/s1. The lowest BCUT2D eigenvalue weighted by molar-refractivity contribution is 0.0971. The molecule has 3 nitrogen and oxygen atoms in total. The minimum absolute atomic E-state index is 0.0543. The molecule has 0 radical (unpaired) electrons. The molecular formula is C12H20N2O. The Kier molecular flexibility index (Phi) is 3.69. The number of hydrogen-bond donors (Lipinski definition) is 1. The number of ether oxygens (including phenoxy) is 1. The molecule has 0 amide bonds. The van der Waals surface area contributed by atoms with Gasteiger partial charge in [0.15, 0.2) is 0 Å². The fourth-order valence-corrected chi connectivity index (χ4v) is 1.17. The summed E-state index contributed by atoms with van der Waals surface area (Å²) in [5.41, 5.74) is 6.62. The molecule has 0 aromatic carbocycles. The van der Waals surface area contributed by atoms with Crippen molar-refractivity contribution < 1.29 is 4.74 Å². The van der Waals surface area contributed by atoms with Crippen LogP contribution in [-0.4, -0.2) is 10.6 Å². The maximum Gasteiger partial charge on any atom is 0.218 e. The van der Waals surface area contributed by atoms with Crippen LogP contribution >= 0.6 is 0 Å². The van der Waals surface area contributed by atoms with Crippen molar-refractivity contribution >= 4 is 0 Å². The number of pyridine rings is 1. The Hall–Kier alpha value is -1.09. The molecule has 0 aliphatic heterocycles. The van der Waals surface area contributed by atoms with E-state index in [0.29, 0.717) is 5.88 Å². The van der Waals surface area contributed by atoms with Gasteiger partial charge in [-0.05, 0) is 33.3 Å². The lowest BCUT2D eigenvalue weighted by Crippen LogP contribution is -2.28. The zero-order chi connectivity index (χ0) is 11.5. The quantitative estimate of drug-likeness (QED) is 0.827. The van der Waals surface area contributed by atoms with Crippen molar-refractivity contribution in [3.8, 4) is 5.88 Å². The first-order chi connectivity index (χ1) is 6.96. The van der Waals surface area contributed by atoms with E-state index in [1.807, 2.05) is 32.9 Å². The third-order valence-corrected chi connectivity index (χ3v) is 2.52. The Labute approximate surface area is 91.7 Å². The van der Waals surface area contributed by atoms with Crippen molar-refractivity contribution in [3.05, 3.63) is 23.9 Å². The van der Waals surface area contributed by atoms with Crippen LogP contribution in [-0.2, 0) is 0 Å². The van der Waals surface area contributed by atoms with Crippen LogP contribution in [0.4, 0.5) is 0 Å². The summed E-state index contributed by atoms with van der Waals surface area (Å²) >= 11 is 0. The first-order valence-corrected chi connectivity index (χ1v) is 5.36. The van der Waals surface area contributed by atoms with Crippen molar-refractivity contribution in [2.75, 3.05) is 0 Å². The SMILES string of the molecule is CCC(C)(C)Oc1ncccc1[C@H](C)N. The van der Waals surface area contributed by atoms with E-state index in [9.17, 15) is 0 Å². The van der Waals surface area contributed by atoms with Gasteiger partial charge in [-0.25, -0.2) is 4.98 Å². The van der Waals surface area contributed by atoms with Crippen LogP contribution in [0.5, 0.6) is 5.88 Å². The molecule has 1 heterocycles. The highest BCUT2D eigenvalue weighted by Crippen LogP contribution is 2.25. The molecule has 15 heavy (non-hydrogen) atoms. The van der Waals surface area contributed by atoms with Crippen molar-refractivity contribution in [3.63, 3.8) is 0 Å². The first kappa shape index (κ1) is 12.0. The van der Waals surface area contributed by atoms with E-state index < -0.39 is 0 Å². The highest BCUT2D eigenvalue weighted by atomic mass is 16.5. The first-order valence-electron chi connectivity index (χ1n) is 5.36. The fraction of sp³-hybridized carbons (Fsp3) is 0.583. The minimum Gasteiger partial charge on any atom is -0.471 e. The summed E-state index contributed by atoms with van der Waals surface area (Å²) in [5, 5.41) is 0. The summed E-state index contributed by atoms with van der Waals surface area (Å²) < 4.78 is 5.85. The van der Waals surface area contributed by atoms with E-state index in [1.165, 1.54) is 0 Å². The lowest BCUT2D eigenvalue weighted by Gasteiger charge is -2.25. The maximum atomic E-state index is 5.85. The van der Waals surface area contributed by atoms with Crippen molar-refractivity contribution in [2.24, 2.45) is 5.73 Å². The van der Waals surface area contributed by atoms with Gasteiger partial charge >= 0.3 is 0 Å². The lowest BCUT2D eigenvalue weighted by atomic mass is 10.1. The molecule has 1 atom stereocenters. The molecule has 3 heteroatoms. The molecule has 0 saturated heterocycles. The van der Waals surface area contributed by atoms with Crippen molar-refractivity contribution in [1.82, 2.24) is 4.98 Å². The van der Waals surface area contributed by atoms with Gasteiger partial charge in [0.1, 0.15) is 5.60 Å². The third-order valence-electron chi connectivity index (χ3n) is 2.52. The second-order valence-electron chi connectivity index (χ2n) is 4.40. The molecule has 2 N–H and O–H groups in total. The number of aromatic nitrogens is 1. The molecule has 1 aromatic rings. The second kappa shape index (κ2) is 4.62. The predicted molar refractivity (Wildman–Crippen MR) is 61.8 cm³/mol. The van der Waals surface area contributed by atoms with Gasteiger partial charge < -0.3 is 10.5 Å². The Morgan fingerprint density at radius 3 is 2.73 bits per heavy atom. The van der Waals surface area contributed by atoms with Crippen LogP contribution in [0.25, 0.3) is 0 Å². The third kappa shape index (κ3) is 3.20. The second-order valence-corrected chi connectivity index (χ2v) is 4.40. The molecule has 1 aromatic heterocycles. The maximum absolute atomic E-state index is 5.85. The van der Waals surface area contributed by atoms with Gasteiger partial charge in [0.25, 0.3) is 0 Å². The van der Waals surface area contributed by atoms with Crippen LogP contribution in [0.15, 0.2) is 18.3 Å². The highest BCUT2D eigenvalue weighted by molar-refractivity contribution is 5.28. The molecule has 0 bridgehead atoms. The summed E-state index contributed by atoms with van der Waals surface area (Å²) in [7, 11) is 0. The Morgan fingerprint density at radius 1 is 1.53 bits per heavy atom. The van der Waals surface area contributed by atoms with Crippen LogP contribution in [0, 0.1) is 0 Å². The van der Waals surface area contributed by atoms with Crippen LogP contribution in [0.2, 0.25) is 0 Å². The molecule has 0 aliphatic carbocycles. The number of hydrogen-bond acceptors (Lipinski definition) is 3. The van der Waals surface area contributed by atoms with E-state index in [2.05, 4.69) is 11.9 Å². The fourth-order valence-electron chi connectivity index (χ4n) is 1.17. The number of nitrogens with zero attached hydrogens (tertiary/aromatic N) is 1. The van der Waals surface area contributed by atoms with Gasteiger partial charge in [-0.3, -0.25) is 0 Å². The van der Waals surface area contributed by atoms with Crippen LogP contribution in [0.1, 0.15) is 45.7 Å². The zero-order valence-electron chi connectivity index (χ0n) is 9.95. The highest BCUT2D eigenvalue weighted by Gasteiger charge is 2.20. The Bertz CT molecular complexity index is 321. The minimum atomic E-state index is -0.196. The summed E-state index contributed by atoms with van der Waals surface area (Å²) in [6, 6.07) is 3.78. The van der Waals surface area contributed by atoms with Gasteiger partial charge in [0, 0.05) is 17.8 Å². The van der Waals surface area contributed by atoms with Gasteiger partial charge in [0.2, 0.25) is 5.88 Å². The average Bonchev–Trinajstić information content (AvgIpc) is 2.18. The van der Waals surface area contributed by atoms with Crippen LogP contribution < -0.4 is 10.5 Å². The molecule has 1 rings (SSSR count). The van der Waals surface area contributed by atoms with E-state index in [1.54, 1.807) is 6.20 Å². The monoisotopic (exact) mass is 208 g/mol. The molecular weight excluding hydrogens is 188 g/mol. The molecule has 0 saturated carbocycles. The van der Waals surface area contributed by atoms with Gasteiger partial charge in [-0.15, -0.1) is 0 Å². The largest absolute Gasteiger partial charge is 0.471 e. The summed E-state index contributed by atoms with van der Waals surface area (Å²) in [6.45, 7) is 8.12. The van der Waals surface area contributed by atoms with E-state index in [-0.39, 0.29) is 11.6 Å². The van der Waals surface area contributed by atoms with Crippen LogP contribution in [0.3, 0.4) is 0 Å². The van der Waals surface area contributed by atoms with Gasteiger partial charge in [0.05, 0.1) is 0 Å². The molecule has 0 fully saturated rings. The van der Waals surface area contributed by atoms with E-state index in [0.717, 1.165) is 12.0 Å². The molecule has 0 aliphatic rings. The molecule has 0 spiro atoms. The van der Waals surface area contributed by atoms with Gasteiger partial charge in [-0.1, -0.05) is 13.0 Å². The summed E-state index contributed by atoms with van der Waals surface area (Å²) in [5.74, 6) is 0.652. The van der Waals surface area contributed by atoms with Gasteiger partial charge in [-0.2, -0.15) is 0 Å². The molecule has 0 unspecified atom stereocenters. The Morgan fingerprint density at radius 2 is 2.20 bits per heavy atom. The number of rotatable bonds is 4. The van der Waals surface area contributed by atoms with E-state index in [4.69, 9.17) is 10.5 Å². The summed E-state index contributed by atoms with van der Waals surface area (Å²) in [4.78, 5) is 4.23. The van der Waals surface area contributed by atoms with E-state index >= 15 is 0 Å². The topological polar surface area (TPSA) is 48.1 Å². The zero-order valence-corrected chi connectivity index (χ0v) is 9.95.